The summed E-state index contributed by atoms with van der Waals surface area (Å²) in [6.45, 7) is 2.32. The zero-order valence-corrected chi connectivity index (χ0v) is 22.3. The predicted molar refractivity (Wildman–Crippen MR) is 140 cm³/mol. The number of carboxylic acid groups (broad SMARTS) is 1. The first-order valence-corrected chi connectivity index (χ1v) is 14.2. The van der Waals surface area contributed by atoms with Crippen LogP contribution in [-0.2, 0) is 23.6 Å². The molecule has 0 bridgehead atoms. The van der Waals surface area contributed by atoms with Gasteiger partial charge in [-0.2, -0.15) is 9.40 Å². The van der Waals surface area contributed by atoms with Crippen molar-refractivity contribution in [2.24, 2.45) is 7.05 Å². The van der Waals surface area contributed by atoms with E-state index < -0.39 is 16.0 Å². The monoisotopic (exact) mass is 548 g/mol. The second-order valence-electron chi connectivity index (χ2n) is 9.99. The van der Waals surface area contributed by atoms with Gasteiger partial charge < -0.3 is 9.84 Å². The summed E-state index contributed by atoms with van der Waals surface area (Å²) >= 11 is 0. The van der Waals surface area contributed by atoms with Crippen LogP contribution in [0.3, 0.4) is 0 Å². The number of aromatic nitrogens is 5. The fraction of sp³-hybridized carbons (Fsp3) is 0.333. The van der Waals surface area contributed by atoms with Crippen molar-refractivity contribution in [1.29, 1.82) is 0 Å². The molecule has 2 aliphatic rings. The van der Waals surface area contributed by atoms with E-state index in [1.807, 2.05) is 37.4 Å². The predicted octanol–water partition coefficient (Wildman–Crippen LogP) is 3.33. The topological polar surface area (TPSA) is 132 Å². The number of ether oxygens (including phenoxy) is 1. The summed E-state index contributed by atoms with van der Waals surface area (Å²) in [6, 6.07) is 14.1. The van der Waals surface area contributed by atoms with Crippen LogP contribution >= 0.6 is 0 Å². The highest BCUT2D eigenvalue weighted by molar-refractivity contribution is 7.89. The first-order valence-electron chi connectivity index (χ1n) is 12.8. The van der Waals surface area contributed by atoms with Crippen LogP contribution in [0.25, 0.3) is 5.69 Å². The highest BCUT2D eigenvalue weighted by Crippen LogP contribution is 2.55. The molecule has 202 valence electrons. The van der Waals surface area contributed by atoms with Crippen molar-refractivity contribution in [3.05, 3.63) is 83.4 Å². The maximum absolute atomic E-state index is 13.6. The van der Waals surface area contributed by atoms with Crippen molar-refractivity contribution in [2.75, 3.05) is 6.54 Å². The summed E-state index contributed by atoms with van der Waals surface area (Å²) in [7, 11) is -2.00. The lowest BCUT2D eigenvalue weighted by molar-refractivity contribution is 0.0695. The van der Waals surface area contributed by atoms with Gasteiger partial charge in [-0.3, -0.25) is 4.68 Å². The summed E-state index contributed by atoms with van der Waals surface area (Å²) in [5.41, 5.74) is 2.98. The quantitative estimate of drug-likeness (QED) is 0.372. The molecule has 1 N–H and O–H groups in total. The van der Waals surface area contributed by atoms with Crippen LogP contribution in [0, 0.1) is 0 Å². The van der Waals surface area contributed by atoms with E-state index in [0.717, 1.165) is 17.7 Å². The molecule has 6 rings (SSSR count). The molecule has 2 aromatic carbocycles. The number of hydrogen-bond acceptors (Lipinski definition) is 7. The Labute approximate surface area is 225 Å². The van der Waals surface area contributed by atoms with Crippen molar-refractivity contribution >= 4 is 16.0 Å². The molecule has 1 saturated carbocycles. The molecule has 0 amide bonds. The average Bonchev–Trinajstić information content (AvgIpc) is 3.40. The van der Waals surface area contributed by atoms with Gasteiger partial charge in [-0.05, 0) is 42.7 Å². The number of sulfonamides is 1. The number of benzene rings is 2. The first kappa shape index (κ1) is 25.3. The van der Waals surface area contributed by atoms with Gasteiger partial charge in [0.05, 0.1) is 29.8 Å². The molecule has 0 radical (unpaired) electrons. The van der Waals surface area contributed by atoms with Crippen molar-refractivity contribution in [3.63, 3.8) is 0 Å². The van der Waals surface area contributed by atoms with Crippen LogP contribution in [0.1, 0.15) is 58.9 Å². The zero-order chi connectivity index (χ0) is 27.3. The van der Waals surface area contributed by atoms with E-state index in [9.17, 15) is 18.3 Å². The Hall–Kier alpha value is -4.03. The van der Waals surface area contributed by atoms with E-state index in [0.29, 0.717) is 23.6 Å². The van der Waals surface area contributed by atoms with Crippen LogP contribution in [0.15, 0.2) is 65.8 Å². The molecule has 11 nitrogen and oxygen atoms in total. The van der Waals surface area contributed by atoms with Gasteiger partial charge >= 0.3 is 5.97 Å². The van der Waals surface area contributed by atoms with Crippen LogP contribution in [0.5, 0.6) is 5.75 Å². The number of aromatic carboxylic acids is 1. The Kier molecular flexibility index (Phi) is 6.23. The van der Waals surface area contributed by atoms with Gasteiger partial charge in [0.25, 0.3) is 0 Å². The molecule has 1 aliphatic carbocycles. The van der Waals surface area contributed by atoms with E-state index in [-0.39, 0.29) is 41.5 Å². The minimum Gasteiger partial charge on any atom is -0.488 e. The van der Waals surface area contributed by atoms with Gasteiger partial charge in [0, 0.05) is 31.6 Å². The van der Waals surface area contributed by atoms with E-state index in [4.69, 9.17) is 4.74 Å². The Balaban J connectivity index is 1.33. The largest absolute Gasteiger partial charge is 0.488 e. The number of para-hydroxylation sites is 1. The molecular formula is C27H28N6O5S. The van der Waals surface area contributed by atoms with Crippen LogP contribution in [0.2, 0.25) is 0 Å². The minimum atomic E-state index is -3.80. The summed E-state index contributed by atoms with van der Waals surface area (Å²) in [6.07, 6.45) is 4.34. The smallest absolute Gasteiger partial charge is 0.339 e. The van der Waals surface area contributed by atoms with Crippen molar-refractivity contribution in [3.8, 4) is 11.4 Å². The van der Waals surface area contributed by atoms with Crippen molar-refractivity contribution < 1.29 is 23.1 Å². The molecule has 1 fully saturated rings. The lowest BCUT2D eigenvalue weighted by atomic mass is 10.1. The maximum Gasteiger partial charge on any atom is 0.339 e. The molecule has 1 aliphatic heterocycles. The van der Waals surface area contributed by atoms with Crippen LogP contribution in [-0.4, -0.2) is 61.2 Å². The number of carboxylic acids is 1. The average molecular weight is 549 g/mol. The van der Waals surface area contributed by atoms with Gasteiger partial charge in [-0.15, -0.1) is 5.10 Å². The fourth-order valence-corrected chi connectivity index (χ4v) is 6.82. The molecule has 2 unspecified atom stereocenters. The molecule has 0 spiro atoms. The van der Waals surface area contributed by atoms with E-state index >= 15 is 0 Å². The number of fused-ring (bicyclic) bond motifs is 1. The third-order valence-corrected chi connectivity index (χ3v) is 9.17. The summed E-state index contributed by atoms with van der Waals surface area (Å²) in [5.74, 6) is -0.685. The summed E-state index contributed by atoms with van der Waals surface area (Å²) in [4.78, 5) is 12.2. The normalized spacial score (nSPS) is 22.1. The Bertz CT molecular complexity index is 1660. The number of nitrogens with zero attached hydrogens (tertiary/aromatic N) is 6. The van der Waals surface area contributed by atoms with Crippen molar-refractivity contribution in [2.45, 2.75) is 49.1 Å². The van der Waals surface area contributed by atoms with Crippen LogP contribution in [0.4, 0.5) is 0 Å². The lowest BCUT2D eigenvalue weighted by Gasteiger charge is -2.22. The Morgan fingerprint density at radius 3 is 2.72 bits per heavy atom. The van der Waals surface area contributed by atoms with Crippen molar-refractivity contribution in [1.82, 2.24) is 29.1 Å². The molecule has 3 heterocycles. The summed E-state index contributed by atoms with van der Waals surface area (Å²) in [5, 5.41) is 22.5. The molecule has 39 heavy (non-hydrogen) atoms. The van der Waals surface area contributed by atoms with Crippen LogP contribution < -0.4 is 4.74 Å². The molecule has 3 atom stereocenters. The van der Waals surface area contributed by atoms with Gasteiger partial charge in [0.1, 0.15) is 22.3 Å². The first-order chi connectivity index (χ1) is 18.8. The molecular weight excluding hydrogens is 520 g/mol. The molecule has 2 aromatic heterocycles. The molecule has 4 aromatic rings. The fourth-order valence-electron chi connectivity index (χ4n) is 5.24. The molecule has 0 saturated heterocycles. The SMILES string of the molecule is CC[C@@H]1CN(Cc2cccc(-n3ncc(C(=O)O)c3C3CC3c3cn(C)nn3)c2)S(=O)(=O)c2ccccc2O1. The molecule has 12 heteroatoms. The highest BCUT2D eigenvalue weighted by atomic mass is 32.2. The third kappa shape index (κ3) is 4.59. The van der Waals surface area contributed by atoms with E-state index in [1.54, 1.807) is 40.7 Å². The van der Waals surface area contributed by atoms with Gasteiger partial charge in [0.15, 0.2) is 0 Å². The second kappa shape index (κ2) is 9.62. The van der Waals surface area contributed by atoms with Gasteiger partial charge in [-0.1, -0.05) is 36.4 Å². The maximum atomic E-state index is 13.6. The Morgan fingerprint density at radius 1 is 1.15 bits per heavy atom. The number of rotatable bonds is 7. The second-order valence-corrected chi connectivity index (χ2v) is 11.9. The standard InChI is InChI=1S/C27H28N6O5S/c1-3-19-15-32(39(36,37)25-10-5-4-9-24(25)38-19)14-17-7-6-8-18(11-17)33-26(22(13-28-33)27(34)35)21-12-20(21)23-16-31(2)30-29-23/h4-11,13,16,19-21H,3,12,14-15H2,1-2H3,(H,34,35)/t19-,20?,21?/m1/s1. The highest BCUT2D eigenvalue weighted by Gasteiger charge is 2.46. The van der Waals surface area contributed by atoms with E-state index in [1.165, 1.54) is 10.5 Å². The number of hydrogen-bond donors (Lipinski definition) is 1. The Morgan fingerprint density at radius 2 is 1.97 bits per heavy atom. The number of aryl methyl sites for hydroxylation is 1. The number of carbonyl (C=O) groups is 1. The van der Waals surface area contributed by atoms with E-state index in [2.05, 4.69) is 15.4 Å². The lowest BCUT2D eigenvalue weighted by Crippen LogP contribution is -2.36. The summed E-state index contributed by atoms with van der Waals surface area (Å²) < 4.78 is 38.0. The minimum absolute atomic E-state index is 0.0590. The van der Waals surface area contributed by atoms with Gasteiger partial charge in [0.2, 0.25) is 10.0 Å². The van der Waals surface area contributed by atoms with Gasteiger partial charge in [-0.25, -0.2) is 17.9 Å². The third-order valence-electron chi connectivity index (χ3n) is 7.32. The zero-order valence-electron chi connectivity index (χ0n) is 21.5.